The second kappa shape index (κ2) is 5.80. The number of likely N-dealkylation sites (tertiary alicyclic amines) is 1. The van der Waals surface area contributed by atoms with Crippen LogP contribution >= 0.6 is 0 Å². The Labute approximate surface area is 116 Å². The summed E-state index contributed by atoms with van der Waals surface area (Å²) >= 11 is 0. The molecule has 2 aliphatic rings. The Morgan fingerprint density at radius 1 is 1.32 bits per heavy atom. The average molecular weight is 269 g/mol. The summed E-state index contributed by atoms with van der Waals surface area (Å²) in [6.45, 7) is 9.05. The van der Waals surface area contributed by atoms with Gasteiger partial charge in [-0.3, -0.25) is 4.90 Å². The van der Waals surface area contributed by atoms with E-state index in [0.717, 1.165) is 31.8 Å². The lowest BCUT2D eigenvalue weighted by Crippen LogP contribution is -2.44. The van der Waals surface area contributed by atoms with Gasteiger partial charge < -0.3 is 9.84 Å². The van der Waals surface area contributed by atoms with Gasteiger partial charge in [0.15, 0.2) is 0 Å². The molecule has 2 fully saturated rings. The summed E-state index contributed by atoms with van der Waals surface area (Å²) in [6.07, 6.45) is 4.67. The summed E-state index contributed by atoms with van der Waals surface area (Å²) in [5, 5.41) is 8.63. The van der Waals surface area contributed by atoms with E-state index in [1.165, 1.54) is 12.8 Å². The highest BCUT2D eigenvalue weighted by Crippen LogP contribution is 2.43. The summed E-state index contributed by atoms with van der Waals surface area (Å²) in [5.41, 5.74) is 0.473. The van der Waals surface area contributed by atoms with Crippen LogP contribution in [0.25, 0.3) is 0 Å². The minimum absolute atomic E-state index is 0.136. The van der Waals surface area contributed by atoms with Gasteiger partial charge in [0.2, 0.25) is 0 Å². The fourth-order valence-corrected chi connectivity index (χ4v) is 3.91. The average Bonchev–Trinajstić information content (AvgIpc) is 2.61. The van der Waals surface area contributed by atoms with E-state index in [9.17, 15) is 4.79 Å². The Kier molecular flexibility index (Phi) is 4.51. The first-order valence-corrected chi connectivity index (χ1v) is 7.45. The van der Waals surface area contributed by atoms with Crippen molar-refractivity contribution in [1.29, 1.82) is 0 Å². The van der Waals surface area contributed by atoms with Crippen molar-refractivity contribution in [2.24, 2.45) is 11.3 Å². The predicted molar refractivity (Wildman–Crippen MR) is 74.1 cm³/mol. The first-order valence-electron chi connectivity index (χ1n) is 7.45. The van der Waals surface area contributed by atoms with Crippen LogP contribution in [0.15, 0.2) is 0 Å². The second-order valence-corrected chi connectivity index (χ2v) is 7.06. The van der Waals surface area contributed by atoms with Crippen molar-refractivity contribution in [1.82, 2.24) is 4.90 Å². The Hall–Kier alpha value is -0.610. The number of nitrogens with zero attached hydrogens (tertiary/aromatic N) is 1. The Balaban J connectivity index is 1.79. The molecule has 0 aromatic rings. The van der Waals surface area contributed by atoms with E-state index in [2.05, 4.69) is 25.7 Å². The van der Waals surface area contributed by atoms with Crippen LogP contribution < -0.4 is 0 Å². The number of ether oxygens (including phenoxy) is 1. The lowest BCUT2D eigenvalue weighted by atomic mass is 9.91. The summed E-state index contributed by atoms with van der Waals surface area (Å²) in [6, 6.07) is 0.704. The van der Waals surface area contributed by atoms with Gasteiger partial charge >= 0.3 is 5.97 Å². The van der Waals surface area contributed by atoms with Crippen molar-refractivity contribution in [2.75, 3.05) is 19.7 Å². The van der Waals surface area contributed by atoms with Crippen LogP contribution in [0, 0.1) is 11.3 Å². The molecule has 0 amide bonds. The van der Waals surface area contributed by atoms with Crippen LogP contribution in [0.3, 0.4) is 0 Å². The number of rotatable bonds is 4. The molecule has 4 nitrogen and oxygen atoms in total. The van der Waals surface area contributed by atoms with E-state index in [1.54, 1.807) is 0 Å². The molecule has 1 aliphatic carbocycles. The normalized spacial score (nSPS) is 32.6. The van der Waals surface area contributed by atoms with Crippen molar-refractivity contribution >= 4 is 5.97 Å². The molecule has 0 aromatic carbocycles. The molecule has 1 aliphatic heterocycles. The monoisotopic (exact) mass is 269 g/mol. The minimum atomic E-state index is -0.867. The predicted octanol–water partition coefficient (Wildman–Crippen LogP) is 2.38. The van der Waals surface area contributed by atoms with Crippen molar-refractivity contribution in [2.45, 2.75) is 58.6 Å². The summed E-state index contributed by atoms with van der Waals surface area (Å²) < 4.78 is 5.40. The topological polar surface area (TPSA) is 49.8 Å². The van der Waals surface area contributed by atoms with Gasteiger partial charge in [0.1, 0.15) is 6.61 Å². The third-order valence-corrected chi connectivity index (χ3v) is 4.68. The van der Waals surface area contributed by atoms with E-state index in [0.29, 0.717) is 11.5 Å². The third kappa shape index (κ3) is 3.93. The van der Waals surface area contributed by atoms with E-state index in [-0.39, 0.29) is 12.7 Å². The van der Waals surface area contributed by atoms with E-state index in [4.69, 9.17) is 9.84 Å². The maximum atomic E-state index is 10.5. The van der Waals surface area contributed by atoms with E-state index >= 15 is 0 Å². The van der Waals surface area contributed by atoms with Crippen LogP contribution in [0.1, 0.15) is 46.5 Å². The van der Waals surface area contributed by atoms with Crippen LogP contribution in [-0.2, 0) is 9.53 Å². The molecule has 0 bridgehead atoms. The minimum Gasteiger partial charge on any atom is -0.480 e. The molecule has 1 heterocycles. The number of carboxylic acids is 1. The maximum absolute atomic E-state index is 10.5. The number of hydrogen-bond acceptors (Lipinski definition) is 3. The molecule has 2 atom stereocenters. The molecule has 0 radical (unpaired) electrons. The van der Waals surface area contributed by atoms with Crippen molar-refractivity contribution in [3.63, 3.8) is 0 Å². The number of piperidine rings is 1. The van der Waals surface area contributed by atoms with Gasteiger partial charge in [-0.05, 0) is 37.0 Å². The molecule has 0 spiro atoms. The van der Waals surface area contributed by atoms with Crippen molar-refractivity contribution in [3.8, 4) is 0 Å². The van der Waals surface area contributed by atoms with Crippen LogP contribution in [0.4, 0.5) is 0 Å². The standard InChI is InChI=1S/C15H27NO3/c1-11-8-15(2,3)9-13(11)16-6-4-12(5-7-16)19-10-14(17)18/h11-13H,4-10H2,1-3H3,(H,17,18). The maximum Gasteiger partial charge on any atom is 0.329 e. The van der Waals surface area contributed by atoms with E-state index < -0.39 is 5.97 Å². The fourth-order valence-electron chi connectivity index (χ4n) is 3.91. The Morgan fingerprint density at radius 3 is 2.42 bits per heavy atom. The number of aliphatic carboxylic acids is 1. The fraction of sp³-hybridized carbons (Fsp3) is 0.933. The van der Waals surface area contributed by atoms with Crippen LogP contribution in [0.2, 0.25) is 0 Å². The van der Waals surface area contributed by atoms with Gasteiger partial charge in [0.25, 0.3) is 0 Å². The Bertz CT molecular complexity index is 321. The van der Waals surface area contributed by atoms with Gasteiger partial charge in [0, 0.05) is 19.1 Å². The van der Waals surface area contributed by atoms with E-state index in [1.807, 2.05) is 0 Å². The molecule has 2 unspecified atom stereocenters. The van der Waals surface area contributed by atoms with Gasteiger partial charge in [-0.25, -0.2) is 4.79 Å². The third-order valence-electron chi connectivity index (χ3n) is 4.68. The molecule has 4 heteroatoms. The number of hydrogen-bond donors (Lipinski definition) is 1. The first kappa shape index (κ1) is 14.8. The highest BCUT2D eigenvalue weighted by molar-refractivity contribution is 5.68. The van der Waals surface area contributed by atoms with Crippen molar-refractivity contribution < 1.29 is 14.6 Å². The zero-order chi connectivity index (χ0) is 14.0. The molecular formula is C15H27NO3. The lowest BCUT2D eigenvalue weighted by molar-refractivity contribution is -0.145. The molecule has 19 heavy (non-hydrogen) atoms. The summed E-state index contributed by atoms with van der Waals surface area (Å²) in [4.78, 5) is 13.1. The first-order chi connectivity index (χ1) is 8.87. The highest BCUT2D eigenvalue weighted by atomic mass is 16.5. The van der Waals surface area contributed by atoms with Gasteiger partial charge in [0.05, 0.1) is 6.10 Å². The molecule has 110 valence electrons. The van der Waals surface area contributed by atoms with Crippen LogP contribution in [0.5, 0.6) is 0 Å². The van der Waals surface area contributed by atoms with Crippen LogP contribution in [-0.4, -0.2) is 47.8 Å². The quantitative estimate of drug-likeness (QED) is 0.851. The van der Waals surface area contributed by atoms with Crippen molar-refractivity contribution in [3.05, 3.63) is 0 Å². The summed E-state index contributed by atoms with van der Waals surface area (Å²) in [5.74, 6) is -0.0971. The largest absolute Gasteiger partial charge is 0.480 e. The molecular weight excluding hydrogens is 242 g/mol. The highest BCUT2D eigenvalue weighted by Gasteiger charge is 2.40. The summed E-state index contributed by atoms with van der Waals surface area (Å²) in [7, 11) is 0. The zero-order valence-corrected chi connectivity index (χ0v) is 12.4. The zero-order valence-electron chi connectivity index (χ0n) is 12.4. The molecule has 1 saturated carbocycles. The molecule has 2 rings (SSSR count). The lowest BCUT2D eigenvalue weighted by Gasteiger charge is -2.37. The number of carboxylic acid groups (broad SMARTS) is 1. The SMILES string of the molecule is CC1CC(C)(C)CC1N1CCC(OCC(=O)O)CC1. The smallest absolute Gasteiger partial charge is 0.329 e. The molecule has 1 N–H and O–H groups in total. The van der Waals surface area contributed by atoms with Gasteiger partial charge in [-0.2, -0.15) is 0 Å². The second-order valence-electron chi connectivity index (χ2n) is 7.06. The molecule has 0 aromatic heterocycles. The van der Waals surface area contributed by atoms with Gasteiger partial charge in [-0.15, -0.1) is 0 Å². The molecule has 1 saturated heterocycles. The Morgan fingerprint density at radius 2 is 1.95 bits per heavy atom. The van der Waals surface area contributed by atoms with Gasteiger partial charge in [-0.1, -0.05) is 20.8 Å². The number of carbonyl (C=O) groups is 1.